The molecule has 0 radical (unpaired) electrons. The van der Waals surface area contributed by atoms with E-state index in [1.807, 2.05) is 6.92 Å². The van der Waals surface area contributed by atoms with Gasteiger partial charge in [0.05, 0.1) is 15.6 Å². The van der Waals surface area contributed by atoms with Crippen LogP contribution in [0.25, 0.3) is 0 Å². The van der Waals surface area contributed by atoms with Crippen molar-refractivity contribution in [3.63, 3.8) is 0 Å². The van der Waals surface area contributed by atoms with Crippen molar-refractivity contribution in [1.29, 1.82) is 0 Å². The van der Waals surface area contributed by atoms with Crippen LogP contribution >= 0.6 is 15.9 Å². The number of nitrogens with one attached hydrogen (secondary N) is 1. The first-order valence-electron chi connectivity index (χ1n) is 5.94. The summed E-state index contributed by atoms with van der Waals surface area (Å²) >= 11 is 3.10. The number of rotatable bonds is 4. The third kappa shape index (κ3) is 2.57. The largest absolute Gasteiger partial charge is 0.345 e. The van der Waals surface area contributed by atoms with Crippen LogP contribution in [0.1, 0.15) is 30.1 Å². The molecule has 0 heterocycles. The van der Waals surface area contributed by atoms with Crippen molar-refractivity contribution >= 4 is 21.8 Å². The van der Waals surface area contributed by atoms with Gasteiger partial charge in [-0.1, -0.05) is 6.07 Å². The van der Waals surface area contributed by atoms with E-state index in [1.165, 1.54) is 12.1 Å². The Hall–Kier alpha value is -0.940. The third-order valence-electron chi connectivity index (χ3n) is 3.50. The summed E-state index contributed by atoms with van der Waals surface area (Å²) in [4.78, 5) is 12.2. The Morgan fingerprint density at radius 1 is 1.61 bits per heavy atom. The third-order valence-corrected chi connectivity index (χ3v) is 4.30. The molecule has 0 bridgehead atoms. The first kappa shape index (κ1) is 13.5. The second-order valence-electron chi connectivity index (χ2n) is 4.95. The van der Waals surface area contributed by atoms with Crippen LogP contribution < -0.4 is 11.1 Å². The zero-order chi connectivity index (χ0) is 13.3. The van der Waals surface area contributed by atoms with Crippen LogP contribution in [0.15, 0.2) is 22.7 Å². The molecule has 1 unspecified atom stereocenters. The molecule has 98 valence electrons. The first-order chi connectivity index (χ1) is 8.48. The van der Waals surface area contributed by atoms with Crippen LogP contribution in [0.5, 0.6) is 0 Å². The Kier molecular flexibility index (Phi) is 3.73. The van der Waals surface area contributed by atoms with Crippen LogP contribution in [0.3, 0.4) is 0 Å². The quantitative estimate of drug-likeness (QED) is 0.897. The number of halogens is 2. The zero-order valence-electron chi connectivity index (χ0n) is 10.2. The lowest BCUT2D eigenvalue weighted by Gasteiger charge is -2.29. The van der Waals surface area contributed by atoms with Crippen molar-refractivity contribution in [2.75, 3.05) is 6.54 Å². The summed E-state index contributed by atoms with van der Waals surface area (Å²) in [5.41, 5.74) is 5.64. The molecule has 1 fully saturated rings. The van der Waals surface area contributed by atoms with E-state index < -0.39 is 11.4 Å². The molecule has 0 spiro atoms. The summed E-state index contributed by atoms with van der Waals surface area (Å²) in [6.07, 6.45) is 2.16. The van der Waals surface area contributed by atoms with E-state index in [2.05, 4.69) is 21.2 Å². The molecule has 0 aromatic heterocycles. The summed E-state index contributed by atoms with van der Waals surface area (Å²) in [6.45, 7) is 2.33. The van der Waals surface area contributed by atoms with Gasteiger partial charge in [-0.05, 0) is 53.7 Å². The Bertz CT molecular complexity index is 476. The molecule has 1 aliphatic rings. The molecule has 18 heavy (non-hydrogen) atoms. The minimum atomic E-state index is -0.441. The number of hydrogen-bond acceptors (Lipinski definition) is 2. The molecule has 1 saturated carbocycles. The topological polar surface area (TPSA) is 55.1 Å². The molecule has 3 nitrogen and oxygen atoms in total. The predicted octanol–water partition coefficient (Wildman–Crippen LogP) is 2.45. The van der Waals surface area contributed by atoms with Gasteiger partial charge in [0.1, 0.15) is 5.82 Å². The number of hydrogen-bond donors (Lipinski definition) is 2. The van der Waals surface area contributed by atoms with E-state index in [-0.39, 0.29) is 10.4 Å². The minimum Gasteiger partial charge on any atom is -0.345 e. The molecule has 0 saturated heterocycles. The molecular weight excluding hydrogens is 299 g/mol. The summed E-state index contributed by atoms with van der Waals surface area (Å²) in [6, 6.07) is 4.42. The maximum Gasteiger partial charge on any atom is 0.253 e. The SMILES string of the molecule is CC(CN)(NC(=O)c1cccc(F)c1Br)C1CC1. The number of nitrogens with two attached hydrogens (primary N) is 1. The fraction of sp³-hybridized carbons (Fsp3) is 0.462. The maximum absolute atomic E-state index is 13.4. The number of carbonyl (C=O) groups excluding carboxylic acids is 1. The van der Waals surface area contributed by atoms with Crippen molar-refractivity contribution in [3.8, 4) is 0 Å². The zero-order valence-corrected chi connectivity index (χ0v) is 11.8. The Morgan fingerprint density at radius 3 is 2.83 bits per heavy atom. The van der Waals surface area contributed by atoms with E-state index in [0.29, 0.717) is 18.0 Å². The standard InChI is InChI=1S/C13H16BrFN2O/c1-13(7-16,8-5-6-8)17-12(18)9-3-2-4-10(15)11(9)14/h2-4,8H,5-7,16H2,1H3,(H,17,18). The molecule has 5 heteroatoms. The van der Waals surface area contributed by atoms with Gasteiger partial charge >= 0.3 is 0 Å². The van der Waals surface area contributed by atoms with Crippen LogP contribution in [0, 0.1) is 11.7 Å². The van der Waals surface area contributed by atoms with Crippen molar-refractivity contribution in [1.82, 2.24) is 5.32 Å². The van der Waals surface area contributed by atoms with Crippen molar-refractivity contribution in [2.24, 2.45) is 11.7 Å². The molecule has 1 amide bonds. The van der Waals surface area contributed by atoms with Gasteiger partial charge in [-0.15, -0.1) is 0 Å². The Balaban J connectivity index is 2.19. The molecule has 1 aliphatic carbocycles. The van der Waals surface area contributed by atoms with Gasteiger partial charge in [-0.2, -0.15) is 0 Å². The summed E-state index contributed by atoms with van der Waals surface area (Å²) in [7, 11) is 0. The summed E-state index contributed by atoms with van der Waals surface area (Å²) in [5.74, 6) is -0.302. The highest BCUT2D eigenvalue weighted by molar-refractivity contribution is 9.10. The fourth-order valence-electron chi connectivity index (χ4n) is 2.05. The summed E-state index contributed by atoms with van der Waals surface area (Å²) < 4.78 is 13.6. The molecule has 1 aromatic rings. The lowest BCUT2D eigenvalue weighted by molar-refractivity contribution is 0.0896. The van der Waals surface area contributed by atoms with E-state index in [1.54, 1.807) is 6.07 Å². The lowest BCUT2D eigenvalue weighted by Crippen LogP contribution is -2.53. The van der Waals surface area contributed by atoms with Gasteiger partial charge in [0.25, 0.3) is 5.91 Å². The predicted molar refractivity (Wildman–Crippen MR) is 71.7 cm³/mol. The average Bonchev–Trinajstić information content (AvgIpc) is 3.16. The number of amides is 1. The second kappa shape index (κ2) is 4.97. The number of benzene rings is 1. The molecule has 1 aromatic carbocycles. The van der Waals surface area contributed by atoms with E-state index in [4.69, 9.17) is 5.73 Å². The smallest absolute Gasteiger partial charge is 0.253 e. The highest BCUT2D eigenvalue weighted by atomic mass is 79.9. The minimum absolute atomic E-state index is 0.192. The normalized spacial score (nSPS) is 18.2. The highest BCUT2D eigenvalue weighted by Gasteiger charge is 2.41. The van der Waals surface area contributed by atoms with E-state index in [0.717, 1.165) is 12.8 Å². The van der Waals surface area contributed by atoms with Crippen LogP contribution in [0.2, 0.25) is 0 Å². The molecular formula is C13H16BrFN2O. The van der Waals surface area contributed by atoms with E-state index in [9.17, 15) is 9.18 Å². The van der Waals surface area contributed by atoms with Crippen molar-refractivity contribution < 1.29 is 9.18 Å². The van der Waals surface area contributed by atoms with Gasteiger partial charge in [-0.3, -0.25) is 4.79 Å². The maximum atomic E-state index is 13.4. The van der Waals surface area contributed by atoms with E-state index >= 15 is 0 Å². The lowest BCUT2D eigenvalue weighted by atomic mass is 9.95. The van der Waals surface area contributed by atoms with Gasteiger partial charge in [0.2, 0.25) is 0 Å². The highest BCUT2D eigenvalue weighted by Crippen LogP contribution is 2.39. The average molecular weight is 315 g/mol. The molecule has 1 atom stereocenters. The molecule has 0 aliphatic heterocycles. The van der Waals surface area contributed by atoms with Gasteiger partial charge in [0.15, 0.2) is 0 Å². The number of carbonyl (C=O) groups is 1. The van der Waals surface area contributed by atoms with Gasteiger partial charge in [-0.25, -0.2) is 4.39 Å². The van der Waals surface area contributed by atoms with Crippen molar-refractivity contribution in [3.05, 3.63) is 34.1 Å². The molecule has 3 N–H and O–H groups in total. The fourth-order valence-corrected chi connectivity index (χ4v) is 2.49. The van der Waals surface area contributed by atoms with Gasteiger partial charge < -0.3 is 11.1 Å². The van der Waals surface area contributed by atoms with Gasteiger partial charge in [0, 0.05) is 6.54 Å². The Labute approximate surface area is 114 Å². The van der Waals surface area contributed by atoms with Crippen LogP contribution in [-0.4, -0.2) is 18.0 Å². The molecule has 2 rings (SSSR count). The first-order valence-corrected chi connectivity index (χ1v) is 6.74. The van der Waals surface area contributed by atoms with Crippen LogP contribution in [0.4, 0.5) is 4.39 Å². The monoisotopic (exact) mass is 314 g/mol. The van der Waals surface area contributed by atoms with Crippen molar-refractivity contribution in [2.45, 2.75) is 25.3 Å². The summed E-state index contributed by atoms with van der Waals surface area (Å²) in [5, 5.41) is 2.93. The second-order valence-corrected chi connectivity index (χ2v) is 5.74. The van der Waals surface area contributed by atoms with Crippen LogP contribution in [-0.2, 0) is 0 Å². The Morgan fingerprint density at radius 2 is 2.28 bits per heavy atom.